The number of carbonyl (C=O) groups is 2. The highest BCUT2D eigenvalue weighted by atomic mass is 16.2. The molecule has 0 fully saturated rings. The van der Waals surface area contributed by atoms with Gasteiger partial charge in [-0.25, -0.2) is 4.79 Å². The number of benzene rings is 1. The van der Waals surface area contributed by atoms with Crippen molar-refractivity contribution in [2.75, 3.05) is 31.6 Å². The number of para-hydroxylation sites is 1. The van der Waals surface area contributed by atoms with Crippen LogP contribution in [0.25, 0.3) is 0 Å². The predicted molar refractivity (Wildman–Crippen MR) is 82.3 cm³/mol. The monoisotopic (exact) mass is 290 g/mol. The Morgan fingerprint density at radius 1 is 1.38 bits per heavy atom. The fraction of sp³-hybridized carbons (Fsp3) is 0.467. The summed E-state index contributed by atoms with van der Waals surface area (Å²) in [4.78, 5) is 24.9. The van der Waals surface area contributed by atoms with Gasteiger partial charge in [0.05, 0.1) is 0 Å². The highest BCUT2D eigenvalue weighted by Gasteiger charge is 2.27. The second kappa shape index (κ2) is 7.08. The molecule has 1 unspecified atom stereocenters. The summed E-state index contributed by atoms with van der Waals surface area (Å²) in [5, 5.41) is 4.64. The van der Waals surface area contributed by atoms with Gasteiger partial charge in [0.25, 0.3) is 0 Å². The van der Waals surface area contributed by atoms with E-state index in [0.29, 0.717) is 19.0 Å². The Hall–Kier alpha value is -2.08. The van der Waals surface area contributed by atoms with E-state index < -0.39 is 6.03 Å². The molecule has 1 aromatic rings. The van der Waals surface area contributed by atoms with Crippen molar-refractivity contribution in [3.05, 3.63) is 29.8 Å². The third-order valence-corrected chi connectivity index (χ3v) is 3.76. The van der Waals surface area contributed by atoms with Gasteiger partial charge in [0.2, 0.25) is 5.91 Å². The zero-order valence-electron chi connectivity index (χ0n) is 12.3. The Balaban J connectivity index is 1.96. The smallest absolute Gasteiger partial charge is 0.321 e. The molecule has 6 nitrogen and oxygen atoms in total. The number of nitrogens with zero attached hydrogens (tertiary/aromatic N) is 1. The van der Waals surface area contributed by atoms with Crippen LogP contribution in [-0.4, -0.2) is 38.6 Å². The van der Waals surface area contributed by atoms with E-state index in [1.165, 1.54) is 18.3 Å². The maximum atomic E-state index is 11.7. The van der Waals surface area contributed by atoms with E-state index in [0.717, 1.165) is 13.0 Å². The van der Waals surface area contributed by atoms with Crippen molar-refractivity contribution in [2.45, 2.75) is 18.8 Å². The maximum absolute atomic E-state index is 11.7. The number of urea groups is 1. The SMILES string of the molecule is CNC(=O)NC(=O)CCN1CC(CCN)c2ccccc21. The number of imide groups is 1. The third-order valence-electron chi connectivity index (χ3n) is 3.76. The summed E-state index contributed by atoms with van der Waals surface area (Å²) < 4.78 is 0. The van der Waals surface area contributed by atoms with Crippen LogP contribution in [0.3, 0.4) is 0 Å². The van der Waals surface area contributed by atoms with Crippen LogP contribution in [0.4, 0.5) is 10.5 Å². The summed E-state index contributed by atoms with van der Waals surface area (Å²) in [5.41, 5.74) is 8.15. The lowest BCUT2D eigenvalue weighted by Gasteiger charge is -2.19. The molecular weight excluding hydrogens is 268 g/mol. The lowest BCUT2D eigenvalue weighted by Crippen LogP contribution is -2.39. The summed E-state index contributed by atoms with van der Waals surface area (Å²) in [5.74, 6) is 0.155. The van der Waals surface area contributed by atoms with E-state index in [1.54, 1.807) is 0 Å². The standard InChI is InChI=1S/C15H22N4O2/c1-17-15(21)18-14(20)7-9-19-10-11(6-8-16)12-4-2-3-5-13(12)19/h2-5,11H,6-10,16H2,1H3,(H2,17,18,20,21). The molecule has 1 aromatic carbocycles. The van der Waals surface area contributed by atoms with Crippen molar-refractivity contribution in [2.24, 2.45) is 5.73 Å². The quantitative estimate of drug-likeness (QED) is 0.748. The highest BCUT2D eigenvalue weighted by Crippen LogP contribution is 2.37. The van der Waals surface area contributed by atoms with E-state index in [4.69, 9.17) is 5.73 Å². The summed E-state index contributed by atoms with van der Waals surface area (Å²) in [7, 11) is 1.48. The first-order valence-electron chi connectivity index (χ1n) is 7.21. The van der Waals surface area contributed by atoms with Gasteiger partial charge in [0, 0.05) is 38.2 Å². The van der Waals surface area contributed by atoms with Gasteiger partial charge < -0.3 is 16.0 Å². The molecule has 0 aliphatic carbocycles. The van der Waals surface area contributed by atoms with Gasteiger partial charge in [-0.1, -0.05) is 18.2 Å². The average Bonchev–Trinajstić information content (AvgIpc) is 2.84. The minimum absolute atomic E-state index is 0.269. The molecule has 0 saturated heterocycles. The van der Waals surface area contributed by atoms with Crippen molar-refractivity contribution in [1.29, 1.82) is 0 Å². The fourth-order valence-corrected chi connectivity index (χ4v) is 2.73. The summed E-state index contributed by atoms with van der Waals surface area (Å²) in [6.07, 6.45) is 1.23. The topological polar surface area (TPSA) is 87.5 Å². The van der Waals surface area contributed by atoms with Crippen LogP contribution in [-0.2, 0) is 4.79 Å². The molecule has 0 spiro atoms. The number of carbonyl (C=O) groups excluding carboxylic acids is 2. The first kappa shape index (κ1) is 15.3. The van der Waals surface area contributed by atoms with Crippen molar-refractivity contribution in [3.8, 4) is 0 Å². The van der Waals surface area contributed by atoms with Crippen LogP contribution in [0.1, 0.15) is 24.3 Å². The normalized spacial score (nSPS) is 16.5. The van der Waals surface area contributed by atoms with Gasteiger partial charge >= 0.3 is 6.03 Å². The molecule has 0 bridgehead atoms. The molecule has 1 aliphatic heterocycles. The van der Waals surface area contributed by atoms with Gasteiger partial charge in [0.1, 0.15) is 0 Å². The largest absolute Gasteiger partial charge is 0.370 e. The molecule has 0 radical (unpaired) electrons. The number of hydrogen-bond acceptors (Lipinski definition) is 4. The Labute approximate surface area is 124 Å². The molecule has 0 saturated carbocycles. The minimum atomic E-state index is -0.470. The van der Waals surface area contributed by atoms with Crippen LogP contribution in [0, 0.1) is 0 Å². The number of nitrogens with one attached hydrogen (secondary N) is 2. The number of amides is 3. The first-order valence-corrected chi connectivity index (χ1v) is 7.21. The zero-order chi connectivity index (χ0) is 15.2. The van der Waals surface area contributed by atoms with Gasteiger partial charge in [-0.05, 0) is 24.6 Å². The lowest BCUT2D eigenvalue weighted by molar-refractivity contribution is -0.119. The number of fused-ring (bicyclic) bond motifs is 1. The summed E-state index contributed by atoms with van der Waals surface area (Å²) in [6, 6.07) is 7.76. The molecule has 1 heterocycles. The minimum Gasteiger partial charge on any atom is -0.370 e. The molecule has 3 amide bonds. The van der Waals surface area contributed by atoms with Crippen LogP contribution in [0.5, 0.6) is 0 Å². The Morgan fingerprint density at radius 3 is 2.86 bits per heavy atom. The molecule has 1 aliphatic rings. The lowest BCUT2D eigenvalue weighted by atomic mass is 9.98. The molecule has 6 heteroatoms. The molecule has 2 rings (SSSR count). The molecular formula is C15H22N4O2. The van der Waals surface area contributed by atoms with Crippen molar-refractivity contribution in [1.82, 2.24) is 10.6 Å². The number of nitrogens with two attached hydrogens (primary N) is 1. The van der Waals surface area contributed by atoms with E-state index in [1.807, 2.05) is 12.1 Å². The third kappa shape index (κ3) is 3.72. The Morgan fingerprint density at radius 2 is 2.14 bits per heavy atom. The Bertz CT molecular complexity index is 518. The van der Waals surface area contributed by atoms with Crippen LogP contribution in [0.15, 0.2) is 24.3 Å². The van der Waals surface area contributed by atoms with E-state index >= 15 is 0 Å². The number of anilines is 1. The molecule has 114 valence electrons. The first-order chi connectivity index (χ1) is 10.2. The average molecular weight is 290 g/mol. The maximum Gasteiger partial charge on any atom is 0.321 e. The second-order valence-electron chi connectivity index (χ2n) is 5.16. The highest BCUT2D eigenvalue weighted by molar-refractivity contribution is 5.94. The van der Waals surface area contributed by atoms with Crippen LogP contribution < -0.4 is 21.3 Å². The van der Waals surface area contributed by atoms with Crippen LogP contribution >= 0.6 is 0 Å². The predicted octanol–water partition coefficient (Wildman–Crippen LogP) is 0.785. The molecule has 21 heavy (non-hydrogen) atoms. The van der Waals surface area contributed by atoms with E-state index in [-0.39, 0.29) is 12.3 Å². The zero-order valence-corrected chi connectivity index (χ0v) is 12.3. The van der Waals surface area contributed by atoms with Gasteiger partial charge in [-0.15, -0.1) is 0 Å². The molecule has 0 aromatic heterocycles. The molecule has 1 atom stereocenters. The van der Waals surface area contributed by atoms with Crippen molar-refractivity contribution < 1.29 is 9.59 Å². The van der Waals surface area contributed by atoms with E-state index in [9.17, 15) is 9.59 Å². The van der Waals surface area contributed by atoms with Crippen LogP contribution in [0.2, 0.25) is 0 Å². The van der Waals surface area contributed by atoms with Crippen molar-refractivity contribution in [3.63, 3.8) is 0 Å². The summed E-state index contributed by atoms with van der Waals surface area (Å²) >= 11 is 0. The van der Waals surface area contributed by atoms with Gasteiger partial charge in [-0.3, -0.25) is 10.1 Å². The van der Waals surface area contributed by atoms with Gasteiger partial charge in [0.15, 0.2) is 0 Å². The Kier molecular flexibility index (Phi) is 5.16. The fourth-order valence-electron chi connectivity index (χ4n) is 2.73. The molecule has 4 N–H and O–H groups in total. The second-order valence-corrected chi connectivity index (χ2v) is 5.16. The number of rotatable bonds is 5. The summed E-state index contributed by atoms with van der Waals surface area (Å²) in [6.45, 7) is 2.13. The van der Waals surface area contributed by atoms with Gasteiger partial charge in [-0.2, -0.15) is 0 Å². The van der Waals surface area contributed by atoms with E-state index in [2.05, 4.69) is 27.7 Å². The number of hydrogen-bond donors (Lipinski definition) is 3. The van der Waals surface area contributed by atoms with Crippen molar-refractivity contribution >= 4 is 17.6 Å².